The van der Waals surface area contributed by atoms with Crippen molar-refractivity contribution in [1.82, 2.24) is 0 Å². The van der Waals surface area contributed by atoms with Crippen LogP contribution in [-0.4, -0.2) is 7.11 Å². The van der Waals surface area contributed by atoms with E-state index in [-0.39, 0.29) is 0 Å². The molecule has 1 N–H and O–H groups in total. The Labute approximate surface area is 187 Å². The van der Waals surface area contributed by atoms with E-state index in [0.29, 0.717) is 39.7 Å². The largest absolute Gasteiger partial charge is 0.493 e. The molecule has 0 amide bonds. The van der Waals surface area contributed by atoms with Crippen LogP contribution in [0.2, 0.25) is 15.1 Å². The number of ether oxygens (including phenoxy) is 2. The maximum atomic E-state index is 6.45. The molecule has 0 saturated carbocycles. The van der Waals surface area contributed by atoms with Crippen molar-refractivity contribution in [1.29, 1.82) is 0 Å². The molecule has 0 heterocycles. The first kappa shape index (κ1) is 21.1. The molecule has 0 fully saturated rings. The third-order valence-corrected chi connectivity index (χ3v) is 5.77. The second kappa shape index (κ2) is 9.75. The summed E-state index contributed by atoms with van der Waals surface area (Å²) in [7, 11) is 1.59. The fourth-order valence-corrected chi connectivity index (χ4v) is 3.40. The summed E-state index contributed by atoms with van der Waals surface area (Å²) in [6.07, 6.45) is 0. The van der Waals surface area contributed by atoms with Gasteiger partial charge in [0.2, 0.25) is 0 Å². The molecule has 146 valence electrons. The molecule has 7 heteroatoms. The second-order valence-corrected chi connectivity index (χ2v) is 8.11. The van der Waals surface area contributed by atoms with Gasteiger partial charge < -0.3 is 14.8 Å². The third kappa shape index (κ3) is 5.48. The number of halogens is 4. The predicted octanol–water partition coefficient (Wildman–Crippen LogP) is 7.61. The Bertz CT molecular complexity index is 965. The van der Waals surface area contributed by atoms with Gasteiger partial charge in [-0.2, -0.15) is 0 Å². The van der Waals surface area contributed by atoms with Crippen LogP contribution in [0.15, 0.2) is 59.1 Å². The summed E-state index contributed by atoms with van der Waals surface area (Å²) in [5.41, 5.74) is 2.85. The predicted molar refractivity (Wildman–Crippen MR) is 120 cm³/mol. The molecule has 0 bridgehead atoms. The lowest BCUT2D eigenvalue weighted by Gasteiger charge is -2.15. The number of nitrogens with one attached hydrogen (secondary N) is 1. The van der Waals surface area contributed by atoms with Crippen molar-refractivity contribution in [2.45, 2.75) is 13.2 Å². The van der Waals surface area contributed by atoms with Crippen LogP contribution < -0.4 is 14.8 Å². The van der Waals surface area contributed by atoms with Crippen molar-refractivity contribution < 1.29 is 9.47 Å². The van der Waals surface area contributed by atoms with E-state index in [0.717, 1.165) is 21.3 Å². The first-order valence-corrected chi connectivity index (χ1v) is 10.3. The van der Waals surface area contributed by atoms with Crippen LogP contribution in [0.5, 0.6) is 11.5 Å². The summed E-state index contributed by atoms with van der Waals surface area (Å²) in [6, 6.07) is 16.9. The fourth-order valence-electron chi connectivity index (χ4n) is 2.56. The number of hydrogen-bond donors (Lipinski definition) is 1. The van der Waals surface area contributed by atoms with Crippen molar-refractivity contribution in [3.8, 4) is 11.5 Å². The smallest absolute Gasteiger partial charge is 0.180 e. The zero-order valence-corrected chi connectivity index (χ0v) is 18.8. The molecule has 0 radical (unpaired) electrons. The molecular weight excluding hydrogens is 484 g/mol. The minimum atomic E-state index is 0.363. The number of benzene rings is 3. The molecule has 28 heavy (non-hydrogen) atoms. The maximum Gasteiger partial charge on any atom is 0.180 e. The molecule has 3 rings (SSSR count). The fraction of sp³-hybridized carbons (Fsp3) is 0.143. The molecule has 0 atom stereocenters. The van der Waals surface area contributed by atoms with Crippen LogP contribution in [0, 0.1) is 0 Å². The van der Waals surface area contributed by atoms with Gasteiger partial charge in [0.15, 0.2) is 11.5 Å². The van der Waals surface area contributed by atoms with Gasteiger partial charge in [0.1, 0.15) is 6.61 Å². The van der Waals surface area contributed by atoms with Crippen LogP contribution in [0.3, 0.4) is 0 Å². The van der Waals surface area contributed by atoms with Gasteiger partial charge in [-0.3, -0.25) is 0 Å². The Balaban J connectivity index is 1.71. The molecule has 0 spiro atoms. The standard InChI is InChI=1S/C21H17BrCl3NO2/c1-27-20-9-14(11-26-16-6-7-17(22)18(24)10-16)8-19(25)21(20)28-12-13-2-4-15(23)5-3-13/h2-10,26H,11-12H2,1H3. The molecular formula is C21H17BrCl3NO2. The van der Waals surface area contributed by atoms with E-state index in [9.17, 15) is 0 Å². The van der Waals surface area contributed by atoms with Gasteiger partial charge in [0.05, 0.1) is 17.2 Å². The summed E-state index contributed by atoms with van der Waals surface area (Å²) < 4.78 is 12.2. The first-order chi connectivity index (χ1) is 13.5. The van der Waals surface area contributed by atoms with E-state index < -0.39 is 0 Å². The average molecular weight is 502 g/mol. The SMILES string of the molecule is COc1cc(CNc2ccc(Br)c(Cl)c2)cc(Cl)c1OCc1ccc(Cl)cc1. The van der Waals surface area contributed by atoms with Crippen LogP contribution in [0.25, 0.3) is 0 Å². The lowest BCUT2D eigenvalue weighted by Crippen LogP contribution is -2.02. The van der Waals surface area contributed by atoms with Gasteiger partial charge >= 0.3 is 0 Å². The van der Waals surface area contributed by atoms with Gasteiger partial charge in [-0.05, 0) is 69.5 Å². The number of hydrogen-bond acceptors (Lipinski definition) is 3. The zero-order valence-electron chi connectivity index (χ0n) is 14.9. The molecule has 0 aromatic heterocycles. The van der Waals surface area contributed by atoms with Crippen LogP contribution in [0.1, 0.15) is 11.1 Å². The molecule has 0 aliphatic rings. The van der Waals surface area contributed by atoms with Gasteiger partial charge in [0, 0.05) is 21.7 Å². The van der Waals surface area contributed by atoms with Crippen LogP contribution in [-0.2, 0) is 13.2 Å². The molecule has 3 aromatic carbocycles. The Morgan fingerprint density at radius 2 is 1.64 bits per heavy atom. The highest BCUT2D eigenvalue weighted by atomic mass is 79.9. The molecule has 3 aromatic rings. The molecule has 0 aliphatic carbocycles. The normalized spacial score (nSPS) is 10.6. The van der Waals surface area contributed by atoms with E-state index in [2.05, 4.69) is 21.2 Å². The highest BCUT2D eigenvalue weighted by Crippen LogP contribution is 2.37. The number of rotatable bonds is 7. The second-order valence-electron chi connectivity index (χ2n) is 6.01. The molecule has 3 nitrogen and oxygen atoms in total. The van der Waals surface area contributed by atoms with E-state index >= 15 is 0 Å². The van der Waals surface area contributed by atoms with Gasteiger partial charge in [-0.1, -0.05) is 46.9 Å². The Kier molecular flexibility index (Phi) is 7.36. The minimum absolute atomic E-state index is 0.363. The lowest BCUT2D eigenvalue weighted by molar-refractivity contribution is 0.284. The highest BCUT2D eigenvalue weighted by molar-refractivity contribution is 9.10. The molecule has 0 saturated heterocycles. The summed E-state index contributed by atoms with van der Waals surface area (Å²) in [5, 5.41) is 5.13. The lowest BCUT2D eigenvalue weighted by atomic mass is 10.2. The van der Waals surface area contributed by atoms with Crippen molar-refractivity contribution in [2.75, 3.05) is 12.4 Å². The van der Waals surface area contributed by atoms with E-state index in [1.807, 2.05) is 54.6 Å². The van der Waals surface area contributed by atoms with E-state index in [1.165, 1.54) is 0 Å². The monoisotopic (exact) mass is 499 g/mol. The quantitative estimate of drug-likeness (QED) is 0.361. The van der Waals surface area contributed by atoms with Gasteiger partial charge in [-0.15, -0.1) is 0 Å². The number of anilines is 1. The third-order valence-electron chi connectivity index (χ3n) is 4.00. The van der Waals surface area contributed by atoms with Gasteiger partial charge in [-0.25, -0.2) is 0 Å². The van der Waals surface area contributed by atoms with Crippen molar-refractivity contribution >= 4 is 56.4 Å². The topological polar surface area (TPSA) is 30.5 Å². The van der Waals surface area contributed by atoms with Gasteiger partial charge in [0.25, 0.3) is 0 Å². The average Bonchev–Trinajstić information content (AvgIpc) is 2.69. The van der Waals surface area contributed by atoms with Crippen molar-refractivity contribution in [2.24, 2.45) is 0 Å². The molecule has 0 unspecified atom stereocenters. The Morgan fingerprint density at radius 3 is 2.32 bits per heavy atom. The zero-order chi connectivity index (χ0) is 20.1. The van der Waals surface area contributed by atoms with E-state index in [1.54, 1.807) is 7.11 Å². The maximum absolute atomic E-state index is 6.45. The summed E-state index contributed by atoms with van der Waals surface area (Å²) >= 11 is 21.9. The Morgan fingerprint density at radius 1 is 0.893 bits per heavy atom. The Hall–Kier alpha value is -1.59. The van der Waals surface area contributed by atoms with Crippen LogP contribution >= 0.6 is 50.7 Å². The van der Waals surface area contributed by atoms with Crippen LogP contribution in [0.4, 0.5) is 5.69 Å². The first-order valence-electron chi connectivity index (χ1n) is 8.39. The summed E-state index contributed by atoms with van der Waals surface area (Å²) in [6.45, 7) is 0.924. The summed E-state index contributed by atoms with van der Waals surface area (Å²) in [5.74, 6) is 1.08. The molecule has 0 aliphatic heterocycles. The summed E-state index contributed by atoms with van der Waals surface area (Å²) in [4.78, 5) is 0. The van der Waals surface area contributed by atoms with E-state index in [4.69, 9.17) is 44.3 Å². The van der Waals surface area contributed by atoms with Crippen molar-refractivity contribution in [3.63, 3.8) is 0 Å². The highest BCUT2D eigenvalue weighted by Gasteiger charge is 2.13. The minimum Gasteiger partial charge on any atom is -0.493 e. The van der Waals surface area contributed by atoms with Crippen molar-refractivity contribution in [3.05, 3.63) is 85.3 Å². The number of methoxy groups -OCH3 is 1.